The van der Waals surface area contributed by atoms with Crippen molar-refractivity contribution >= 4 is 19.8 Å². The number of quaternary nitrogens is 1. The molecule has 0 saturated carbocycles. The zero-order chi connectivity index (χ0) is 28.7. The van der Waals surface area contributed by atoms with Gasteiger partial charge in [-0.05, 0) is 12.8 Å². The molecule has 0 heterocycles. The van der Waals surface area contributed by atoms with Gasteiger partial charge in [-0.25, -0.2) is 0 Å². The first kappa shape index (κ1) is 37.0. The topological polar surface area (TPSA) is 111 Å². The van der Waals surface area contributed by atoms with Crippen molar-refractivity contribution in [3.63, 3.8) is 0 Å². The van der Waals surface area contributed by atoms with Gasteiger partial charge in [0.2, 0.25) is 0 Å². The number of nitrogens with zero attached hydrogens (tertiary/aromatic N) is 1. The summed E-state index contributed by atoms with van der Waals surface area (Å²) in [5.74, 6) is -0.852. The fourth-order valence-corrected chi connectivity index (χ4v) is 4.44. The molecular weight excluding hydrogens is 509 g/mol. The number of likely N-dealkylation sites (N-methyl/N-ethyl adjacent to an activating group) is 1. The number of ether oxygens (including phenoxy) is 2. The quantitative estimate of drug-likeness (QED) is 0.0549. The van der Waals surface area contributed by atoms with Crippen LogP contribution in [0.1, 0.15) is 117 Å². The van der Waals surface area contributed by atoms with Crippen LogP contribution in [-0.2, 0) is 32.7 Å². The Labute approximate surface area is 232 Å². The number of phosphoric acid groups is 1. The van der Waals surface area contributed by atoms with E-state index >= 15 is 0 Å². The van der Waals surface area contributed by atoms with E-state index in [2.05, 4.69) is 13.8 Å². The molecule has 38 heavy (non-hydrogen) atoms. The van der Waals surface area contributed by atoms with Gasteiger partial charge in [0.05, 0.1) is 27.7 Å². The molecule has 9 nitrogen and oxygen atoms in total. The Morgan fingerprint density at radius 3 is 1.68 bits per heavy atom. The Morgan fingerprint density at radius 1 is 0.711 bits per heavy atom. The van der Waals surface area contributed by atoms with Gasteiger partial charge in [0, 0.05) is 12.8 Å². The number of phosphoric ester groups is 1. The predicted molar refractivity (Wildman–Crippen MR) is 148 cm³/mol. The van der Waals surface area contributed by atoms with Crippen molar-refractivity contribution in [2.45, 2.75) is 123 Å². The summed E-state index contributed by atoms with van der Waals surface area (Å²) in [7, 11) is 1.17. The highest BCUT2D eigenvalue weighted by molar-refractivity contribution is 7.45. The van der Waals surface area contributed by atoms with Crippen molar-refractivity contribution in [2.24, 2.45) is 0 Å². The maximum atomic E-state index is 12.4. The van der Waals surface area contributed by atoms with E-state index < -0.39 is 32.5 Å². The molecule has 2 unspecified atom stereocenters. The van der Waals surface area contributed by atoms with Crippen molar-refractivity contribution < 1.29 is 42.1 Å². The predicted octanol–water partition coefficient (Wildman–Crippen LogP) is 5.93. The normalized spacial score (nSPS) is 14.2. The van der Waals surface area contributed by atoms with Gasteiger partial charge in [-0.3, -0.25) is 14.2 Å². The van der Waals surface area contributed by atoms with E-state index in [1.54, 1.807) is 0 Å². The zero-order valence-corrected chi connectivity index (χ0v) is 25.8. The van der Waals surface area contributed by atoms with Gasteiger partial charge in [0.25, 0.3) is 7.82 Å². The molecule has 0 amide bonds. The lowest BCUT2D eigenvalue weighted by Crippen LogP contribution is -2.37. The van der Waals surface area contributed by atoms with E-state index in [9.17, 15) is 19.0 Å². The van der Waals surface area contributed by atoms with Crippen LogP contribution in [0.3, 0.4) is 0 Å². The Bertz CT molecular complexity index is 653. The highest BCUT2D eigenvalue weighted by Crippen LogP contribution is 2.38. The lowest BCUT2D eigenvalue weighted by molar-refractivity contribution is -0.870. The van der Waals surface area contributed by atoms with Crippen LogP contribution in [0.2, 0.25) is 0 Å². The van der Waals surface area contributed by atoms with Crippen LogP contribution in [-0.4, -0.2) is 70.0 Å². The number of hydrogen-bond donors (Lipinski definition) is 0. The second-order valence-electron chi connectivity index (χ2n) is 11.1. The zero-order valence-electron chi connectivity index (χ0n) is 24.9. The third-order valence-corrected chi connectivity index (χ3v) is 7.09. The van der Waals surface area contributed by atoms with E-state index in [0.717, 1.165) is 51.4 Å². The molecular formula is C28H56NO8P. The second kappa shape index (κ2) is 22.8. The van der Waals surface area contributed by atoms with Crippen LogP contribution in [0.15, 0.2) is 0 Å². The molecule has 0 aliphatic carbocycles. The number of hydrogen-bond acceptors (Lipinski definition) is 8. The van der Waals surface area contributed by atoms with Crippen molar-refractivity contribution in [1.29, 1.82) is 0 Å². The number of carbonyl (C=O) groups is 2. The van der Waals surface area contributed by atoms with Crippen molar-refractivity contribution in [3.05, 3.63) is 0 Å². The van der Waals surface area contributed by atoms with Crippen LogP contribution in [0, 0.1) is 0 Å². The first-order chi connectivity index (χ1) is 18.0. The molecule has 10 heteroatoms. The number of esters is 2. The Morgan fingerprint density at radius 2 is 1.18 bits per heavy atom. The molecule has 0 spiro atoms. The molecule has 226 valence electrons. The molecule has 0 radical (unpaired) electrons. The standard InChI is InChI=1S/C28H56NO8P/c1-6-8-10-12-13-14-15-17-19-21-28(31)37-26(24-34-27(30)20-18-16-11-9-7-2)25-36-38(32,33)35-23-22-29(3,4)5/h26H,6-25H2,1-5H3. The van der Waals surface area contributed by atoms with E-state index in [1.165, 1.54) is 32.1 Å². The largest absolute Gasteiger partial charge is 0.756 e. The van der Waals surface area contributed by atoms with E-state index in [4.69, 9.17) is 18.5 Å². The highest BCUT2D eigenvalue weighted by Gasteiger charge is 2.21. The van der Waals surface area contributed by atoms with Crippen LogP contribution in [0.4, 0.5) is 0 Å². The molecule has 0 bridgehead atoms. The average Bonchev–Trinajstić information content (AvgIpc) is 2.83. The first-order valence-corrected chi connectivity index (χ1v) is 16.2. The third-order valence-electron chi connectivity index (χ3n) is 6.13. The highest BCUT2D eigenvalue weighted by atomic mass is 31.2. The summed E-state index contributed by atoms with van der Waals surface area (Å²) in [6.07, 6.45) is 14.7. The molecule has 0 aromatic heterocycles. The maximum Gasteiger partial charge on any atom is 0.306 e. The maximum absolute atomic E-state index is 12.4. The minimum atomic E-state index is -4.59. The Kier molecular flexibility index (Phi) is 22.2. The van der Waals surface area contributed by atoms with Crippen LogP contribution in [0.5, 0.6) is 0 Å². The molecule has 0 aromatic rings. The molecule has 0 fully saturated rings. The Hall–Kier alpha value is -0.990. The number of carbonyl (C=O) groups excluding carboxylic acids is 2. The molecule has 0 saturated heterocycles. The minimum Gasteiger partial charge on any atom is -0.756 e. The molecule has 2 atom stereocenters. The first-order valence-electron chi connectivity index (χ1n) is 14.7. The van der Waals surface area contributed by atoms with Gasteiger partial charge in [0.15, 0.2) is 6.10 Å². The monoisotopic (exact) mass is 565 g/mol. The molecule has 0 rings (SSSR count). The molecule has 0 aliphatic heterocycles. The summed E-state index contributed by atoms with van der Waals surface area (Å²) >= 11 is 0. The molecule has 0 N–H and O–H groups in total. The minimum absolute atomic E-state index is 0.0274. The average molecular weight is 566 g/mol. The fraction of sp³-hybridized carbons (Fsp3) is 0.929. The van der Waals surface area contributed by atoms with Gasteiger partial charge in [-0.1, -0.05) is 90.9 Å². The van der Waals surface area contributed by atoms with Crippen molar-refractivity contribution in [1.82, 2.24) is 0 Å². The summed E-state index contributed by atoms with van der Waals surface area (Å²) in [5, 5.41) is 0. The number of rotatable bonds is 26. The van der Waals surface area contributed by atoms with Crippen molar-refractivity contribution in [2.75, 3.05) is 47.5 Å². The van der Waals surface area contributed by atoms with Gasteiger partial charge in [0.1, 0.15) is 19.8 Å². The van der Waals surface area contributed by atoms with Crippen LogP contribution >= 0.6 is 7.82 Å². The third kappa shape index (κ3) is 25.3. The van der Waals surface area contributed by atoms with Gasteiger partial charge < -0.3 is 27.9 Å². The second-order valence-corrected chi connectivity index (χ2v) is 12.5. The Balaban J connectivity index is 4.55. The summed E-state index contributed by atoms with van der Waals surface area (Å²) < 4.78 is 33.3. The van der Waals surface area contributed by atoms with Crippen LogP contribution in [0.25, 0.3) is 0 Å². The molecule has 0 aromatic carbocycles. The summed E-state index contributed by atoms with van der Waals surface area (Å²) in [4.78, 5) is 36.7. The lowest BCUT2D eigenvalue weighted by atomic mass is 10.1. The summed E-state index contributed by atoms with van der Waals surface area (Å²) in [6.45, 7) is 4.07. The van der Waals surface area contributed by atoms with E-state index in [1.807, 2.05) is 21.1 Å². The lowest BCUT2D eigenvalue weighted by Gasteiger charge is -2.28. The molecule has 0 aliphatic rings. The van der Waals surface area contributed by atoms with Gasteiger partial charge >= 0.3 is 11.9 Å². The summed E-state index contributed by atoms with van der Waals surface area (Å²) in [6, 6.07) is 0. The van der Waals surface area contributed by atoms with E-state index in [-0.39, 0.29) is 26.1 Å². The fourth-order valence-electron chi connectivity index (χ4n) is 3.71. The van der Waals surface area contributed by atoms with Crippen LogP contribution < -0.4 is 4.89 Å². The summed E-state index contributed by atoms with van der Waals surface area (Å²) in [5.41, 5.74) is 0. The van der Waals surface area contributed by atoms with Gasteiger partial charge in [-0.2, -0.15) is 0 Å². The van der Waals surface area contributed by atoms with Crippen molar-refractivity contribution in [3.8, 4) is 0 Å². The smallest absolute Gasteiger partial charge is 0.306 e. The van der Waals surface area contributed by atoms with E-state index in [0.29, 0.717) is 17.4 Å². The number of unbranched alkanes of at least 4 members (excludes halogenated alkanes) is 12. The van der Waals surface area contributed by atoms with Gasteiger partial charge in [-0.15, -0.1) is 0 Å². The SMILES string of the molecule is CCCCCCCCCCCC(=O)OC(COC(=O)CCCCCCC)COP(=O)([O-])OCC[N+](C)(C)C.